The first-order valence-electron chi connectivity index (χ1n) is 5.13. The van der Waals surface area contributed by atoms with E-state index in [0.717, 1.165) is 51.9 Å². The van der Waals surface area contributed by atoms with E-state index in [-0.39, 0.29) is 0 Å². The Kier molecular flexibility index (Phi) is 21.0. The standard InChI is InChI=1S/C5H14N2.C4H12N2/c6-4-2-1-3-5-7;5-3-1-2-4-6/h1-7H2;1-6H2. The molecule has 0 rings (SSSR count). The van der Waals surface area contributed by atoms with E-state index < -0.39 is 0 Å². The minimum atomic E-state index is 0.775. The zero-order chi connectivity index (χ0) is 10.4. The second kappa shape index (κ2) is 17.8. The molecule has 0 amide bonds. The van der Waals surface area contributed by atoms with Gasteiger partial charge in [-0.15, -0.1) is 0 Å². The van der Waals surface area contributed by atoms with Crippen LogP contribution in [0.2, 0.25) is 0 Å². The molecule has 0 saturated carbocycles. The van der Waals surface area contributed by atoms with Gasteiger partial charge in [-0.1, -0.05) is 6.42 Å². The SMILES string of the molecule is NCCCCCN.NCCCCN. The van der Waals surface area contributed by atoms with Crippen LogP contribution in [0.5, 0.6) is 0 Å². The molecular weight excluding hydrogens is 164 g/mol. The first-order chi connectivity index (χ1) is 6.33. The molecule has 0 atom stereocenters. The number of hydrogen-bond acceptors (Lipinski definition) is 4. The molecule has 0 fully saturated rings. The average molecular weight is 190 g/mol. The molecule has 0 bridgehead atoms. The van der Waals surface area contributed by atoms with Gasteiger partial charge < -0.3 is 22.9 Å². The summed E-state index contributed by atoms with van der Waals surface area (Å²) in [6.07, 6.45) is 5.56. The van der Waals surface area contributed by atoms with Gasteiger partial charge in [-0.25, -0.2) is 0 Å². The molecule has 4 heteroatoms. The van der Waals surface area contributed by atoms with Crippen molar-refractivity contribution < 1.29 is 0 Å². The molecule has 0 aliphatic rings. The Morgan fingerprint density at radius 3 is 0.846 bits per heavy atom. The molecule has 4 nitrogen and oxygen atoms in total. The van der Waals surface area contributed by atoms with Gasteiger partial charge in [0.1, 0.15) is 0 Å². The van der Waals surface area contributed by atoms with E-state index in [4.69, 9.17) is 22.9 Å². The Morgan fingerprint density at radius 2 is 0.615 bits per heavy atom. The van der Waals surface area contributed by atoms with Crippen LogP contribution in [0.15, 0.2) is 0 Å². The smallest absolute Gasteiger partial charge is 0.00768 e. The van der Waals surface area contributed by atoms with E-state index in [0.29, 0.717) is 0 Å². The second-order valence-corrected chi connectivity index (χ2v) is 2.92. The van der Waals surface area contributed by atoms with Crippen molar-refractivity contribution in [3.63, 3.8) is 0 Å². The van der Waals surface area contributed by atoms with Crippen LogP contribution in [0.3, 0.4) is 0 Å². The van der Waals surface area contributed by atoms with Crippen molar-refractivity contribution in [2.45, 2.75) is 32.1 Å². The van der Waals surface area contributed by atoms with Crippen LogP contribution in [0, 0.1) is 0 Å². The van der Waals surface area contributed by atoms with Gasteiger partial charge in [0.25, 0.3) is 0 Å². The Labute approximate surface area is 82.0 Å². The first-order valence-corrected chi connectivity index (χ1v) is 5.13. The van der Waals surface area contributed by atoms with Gasteiger partial charge in [-0.3, -0.25) is 0 Å². The quantitative estimate of drug-likeness (QED) is 0.416. The maximum absolute atomic E-state index is 5.23. The minimum Gasteiger partial charge on any atom is -0.330 e. The lowest BCUT2D eigenvalue weighted by Gasteiger charge is -1.91. The van der Waals surface area contributed by atoms with Crippen LogP contribution >= 0.6 is 0 Å². The van der Waals surface area contributed by atoms with Crippen molar-refractivity contribution in [3.05, 3.63) is 0 Å². The van der Waals surface area contributed by atoms with Crippen LogP contribution in [-0.2, 0) is 0 Å². The lowest BCUT2D eigenvalue weighted by atomic mass is 10.2. The molecule has 0 aromatic carbocycles. The summed E-state index contributed by atoms with van der Waals surface area (Å²) >= 11 is 0. The van der Waals surface area contributed by atoms with Gasteiger partial charge in [-0.2, -0.15) is 0 Å². The molecule has 0 unspecified atom stereocenters. The summed E-state index contributed by atoms with van der Waals surface area (Å²) < 4.78 is 0. The van der Waals surface area contributed by atoms with Crippen molar-refractivity contribution in [3.8, 4) is 0 Å². The highest BCUT2D eigenvalue weighted by Crippen LogP contribution is 1.88. The van der Waals surface area contributed by atoms with Gasteiger partial charge >= 0.3 is 0 Å². The van der Waals surface area contributed by atoms with Crippen LogP contribution in [-0.4, -0.2) is 26.2 Å². The zero-order valence-electron chi connectivity index (χ0n) is 8.67. The first kappa shape index (κ1) is 15.3. The summed E-state index contributed by atoms with van der Waals surface area (Å²) in [7, 11) is 0. The summed E-state index contributed by atoms with van der Waals surface area (Å²) in [4.78, 5) is 0. The van der Waals surface area contributed by atoms with E-state index in [1.807, 2.05) is 0 Å². The van der Waals surface area contributed by atoms with Crippen LogP contribution in [0.1, 0.15) is 32.1 Å². The van der Waals surface area contributed by atoms with Crippen molar-refractivity contribution in [2.75, 3.05) is 26.2 Å². The molecular formula is C9H26N4. The number of rotatable bonds is 7. The lowest BCUT2D eigenvalue weighted by molar-refractivity contribution is 0.695. The van der Waals surface area contributed by atoms with E-state index in [9.17, 15) is 0 Å². The fourth-order valence-electron chi connectivity index (χ4n) is 0.754. The average Bonchev–Trinajstić information content (AvgIpc) is 2.17. The van der Waals surface area contributed by atoms with E-state index in [1.165, 1.54) is 6.42 Å². The van der Waals surface area contributed by atoms with Gasteiger partial charge in [0.05, 0.1) is 0 Å². The summed E-state index contributed by atoms with van der Waals surface area (Å²) in [6.45, 7) is 3.16. The van der Waals surface area contributed by atoms with Crippen LogP contribution in [0.4, 0.5) is 0 Å². The monoisotopic (exact) mass is 190 g/mol. The fraction of sp³-hybridized carbons (Fsp3) is 1.00. The molecule has 0 heterocycles. The Hall–Kier alpha value is -0.160. The largest absolute Gasteiger partial charge is 0.330 e. The Balaban J connectivity index is 0. The van der Waals surface area contributed by atoms with E-state index in [1.54, 1.807) is 0 Å². The third kappa shape index (κ3) is 24.5. The molecule has 0 spiro atoms. The maximum Gasteiger partial charge on any atom is -0.00768 e. The topological polar surface area (TPSA) is 104 Å². The zero-order valence-corrected chi connectivity index (χ0v) is 8.67. The molecule has 13 heavy (non-hydrogen) atoms. The van der Waals surface area contributed by atoms with Crippen LogP contribution < -0.4 is 22.9 Å². The molecule has 0 aromatic rings. The van der Waals surface area contributed by atoms with Crippen molar-refractivity contribution in [1.82, 2.24) is 0 Å². The van der Waals surface area contributed by atoms with E-state index in [2.05, 4.69) is 0 Å². The maximum atomic E-state index is 5.23. The third-order valence-corrected chi connectivity index (χ3v) is 1.57. The molecule has 0 saturated heterocycles. The number of unbranched alkanes of at least 4 members (excludes halogenated alkanes) is 3. The third-order valence-electron chi connectivity index (χ3n) is 1.57. The molecule has 82 valence electrons. The van der Waals surface area contributed by atoms with Gasteiger partial charge in [0.2, 0.25) is 0 Å². The van der Waals surface area contributed by atoms with Crippen molar-refractivity contribution in [2.24, 2.45) is 22.9 Å². The second-order valence-electron chi connectivity index (χ2n) is 2.92. The molecule has 8 N–H and O–H groups in total. The van der Waals surface area contributed by atoms with Crippen LogP contribution in [0.25, 0.3) is 0 Å². The molecule has 0 aromatic heterocycles. The van der Waals surface area contributed by atoms with Crippen molar-refractivity contribution >= 4 is 0 Å². The molecule has 0 aliphatic carbocycles. The Bertz CT molecular complexity index is 60.6. The van der Waals surface area contributed by atoms with Gasteiger partial charge in [-0.05, 0) is 51.9 Å². The predicted octanol–water partition coefficient (Wildman–Crippen LogP) is -0.242. The summed E-state index contributed by atoms with van der Waals surface area (Å²) in [6, 6.07) is 0. The highest BCUT2D eigenvalue weighted by molar-refractivity contribution is 4.41. The highest BCUT2D eigenvalue weighted by atomic mass is 14.5. The normalized spacial score (nSPS) is 9.23. The number of hydrogen-bond donors (Lipinski definition) is 4. The minimum absolute atomic E-state index is 0.775. The fourth-order valence-corrected chi connectivity index (χ4v) is 0.754. The van der Waals surface area contributed by atoms with E-state index >= 15 is 0 Å². The lowest BCUT2D eigenvalue weighted by Crippen LogP contribution is -2.03. The number of nitrogens with two attached hydrogens (primary N) is 4. The summed E-state index contributed by atoms with van der Waals surface area (Å²) in [5, 5.41) is 0. The van der Waals surface area contributed by atoms with Gasteiger partial charge in [0.15, 0.2) is 0 Å². The highest BCUT2D eigenvalue weighted by Gasteiger charge is 1.80. The summed E-state index contributed by atoms with van der Waals surface area (Å²) in [5.41, 5.74) is 20.8. The van der Waals surface area contributed by atoms with Crippen molar-refractivity contribution in [1.29, 1.82) is 0 Å². The predicted molar refractivity (Wildman–Crippen MR) is 59.3 cm³/mol. The summed E-state index contributed by atoms with van der Waals surface area (Å²) in [5.74, 6) is 0. The Morgan fingerprint density at radius 1 is 0.385 bits per heavy atom. The molecule has 0 aliphatic heterocycles. The van der Waals surface area contributed by atoms with Gasteiger partial charge in [0, 0.05) is 0 Å². The molecule has 0 radical (unpaired) electrons.